The average molecular weight is 378 g/mol. The minimum absolute atomic E-state index is 0.0919. The molecule has 5 heteroatoms. The SMILES string of the molecule is O=C(c1ccc(F)cc1)N1CCC[C@@H]1c1cccc(Cc2ccc(F)cc2)n1. The largest absolute Gasteiger partial charge is 0.330 e. The monoisotopic (exact) mass is 378 g/mol. The van der Waals surface area contributed by atoms with Gasteiger partial charge in [-0.15, -0.1) is 0 Å². The Kier molecular flexibility index (Phi) is 5.15. The first-order chi connectivity index (χ1) is 13.6. The third-order valence-electron chi connectivity index (χ3n) is 5.07. The molecule has 0 saturated carbocycles. The van der Waals surface area contributed by atoms with Crippen LogP contribution >= 0.6 is 0 Å². The van der Waals surface area contributed by atoms with Gasteiger partial charge in [0.1, 0.15) is 11.6 Å². The van der Waals surface area contributed by atoms with Crippen LogP contribution in [0, 0.1) is 11.6 Å². The Morgan fingerprint density at radius 3 is 2.36 bits per heavy atom. The average Bonchev–Trinajstić information content (AvgIpc) is 3.20. The van der Waals surface area contributed by atoms with Crippen molar-refractivity contribution in [3.63, 3.8) is 0 Å². The molecule has 1 fully saturated rings. The Morgan fingerprint density at radius 2 is 1.64 bits per heavy atom. The van der Waals surface area contributed by atoms with Crippen LogP contribution in [0.25, 0.3) is 0 Å². The molecule has 1 saturated heterocycles. The van der Waals surface area contributed by atoms with Crippen LogP contribution in [0.5, 0.6) is 0 Å². The van der Waals surface area contributed by atoms with Crippen molar-refractivity contribution in [3.8, 4) is 0 Å². The molecule has 4 rings (SSSR count). The highest BCUT2D eigenvalue weighted by atomic mass is 19.1. The van der Waals surface area contributed by atoms with Gasteiger partial charge >= 0.3 is 0 Å². The maximum Gasteiger partial charge on any atom is 0.254 e. The summed E-state index contributed by atoms with van der Waals surface area (Å²) in [6.07, 6.45) is 2.36. The molecule has 2 aromatic carbocycles. The minimum atomic E-state index is -0.357. The van der Waals surface area contributed by atoms with Crippen LogP contribution in [0.15, 0.2) is 66.7 Å². The third kappa shape index (κ3) is 3.93. The van der Waals surface area contributed by atoms with Gasteiger partial charge in [-0.2, -0.15) is 0 Å². The summed E-state index contributed by atoms with van der Waals surface area (Å²) in [7, 11) is 0. The van der Waals surface area contributed by atoms with Gasteiger partial charge in [0.15, 0.2) is 0 Å². The standard InChI is InChI=1S/C23H20F2N2O/c24-18-10-6-16(7-11-18)15-20-3-1-4-21(26-20)22-5-2-14-27(22)23(28)17-8-12-19(25)13-9-17/h1,3-4,6-13,22H,2,5,14-15H2/t22-/m1/s1. The fourth-order valence-corrected chi connectivity index (χ4v) is 3.67. The number of halogens is 2. The van der Waals surface area contributed by atoms with Crippen molar-refractivity contribution in [2.45, 2.75) is 25.3 Å². The second kappa shape index (κ2) is 7.89. The van der Waals surface area contributed by atoms with Gasteiger partial charge in [-0.25, -0.2) is 8.78 Å². The number of aromatic nitrogens is 1. The number of benzene rings is 2. The molecule has 3 nitrogen and oxygen atoms in total. The first kappa shape index (κ1) is 18.3. The number of rotatable bonds is 4. The lowest BCUT2D eigenvalue weighted by Gasteiger charge is -2.25. The Hall–Kier alpha value is -3.08. The number of pyridine rings is 1. The summed E-state index contributed by atoms with van der Waals surface area (Å²) >= 11 is 0. The normalized spacial score (nSPS) is 16.4. The van der Waals surface area contributed by atoms with E-state index >= 15 is 0 Å². The molecule has 142 valence electrons. The predicted octanol–water partition coefficient (Wildman–Crippen LogP) is 4.93. The van der Waals surface area contributed by atoms with Crippen molar-refractivity contribution in [1.82, 2.24) is 9.88 Å². The van der Waals surface area contributed by atoms with Gasteiger partial charge in [0.05, 0.1) is 11.7 Å². The summed E-state index contributed by atoms with van der Waals surface area (Å²) in [5, 5.41) is 0. The number of likely N-dealkylation sites (tertiary alicyclic amines) is 1. The highest BCUT2D eigenvalue weighted by Gasteiger charge is 2.31. The highest BCUT2D eigenvalue weighted by Crippen LogP contribution is 2.32. The van der Waals surface area contributed by atoms with Gasteiger partial charge in [-0.05, 0) is 66.9 Å². The van der Waals surface area contributed by atoms with Crippen molar-refractivity contribution in [2.24, 2.45) is 0 Å². The summed E-state index contributed by atoms with van der Waals surface area (Å²) < 4.78 is 26.3. The molecule has 0 unspecified atom stereocenters. The Balaban J connectivity index is 1.55. The molecule has 2 heterocycles. The fraction of sp³-hybridized carbons (Fsp3) is 0.217. The van der Waals surface area contributed by atoms with E-state index in [9.17, 15) is 13.6 Å². The number of nitrogens with zero attached hydrogens (tertiary/aromatic N) is 2. The molecule has 1 aliphatic heterocycles. The number of hydrogen-bond acceptors (Lipinski definition) is 2. The summed E-state index contributed by atoms with van der Waals surface area (Å²) in [4.78, 5) is 19.5. The maximum absolute atomic E-state index is 13.2. The highest BCUT2D eigenvalue weighted by molar-refractivity contribution is 5.94. The molecule has 1 aromatic heterocycles. The van der Waals surface area contributed by atoms with Crippen molar-refractivity contribution < 1.29 is 13.6 Å². The van der Waals surface area contributed by atoms with Crippen LogP contribution in [-0.2, 0) is 6.42 Å². The Morgan fingerprint density at radius 1 is 0.964 bits per heavy atom. The van der Waals surface area contributed by atoms with Crippen LogP contribution in [-0.4, -0.2) is 22.3 Å². The van der Waals surface area contributed by atoms with E-state index in [1.54, 1.807) is 12.1 Å². The van der Waals surface area contributed by atoms with Gasteiger partial charge in [0.2, 0.25) is 0 Å². The summed E-state index contributed by atoms with van der Waals surface area (Å²) in [6.45, 7) is 0.657. The van der Waals surface area contributed by atoms with Crippen molar-refractivity contribution in [3.05, 3.63) is 101 Å². The lowest BCUT2D eigenvalue weighted by Crippen LogP contribution is -2.31. The van der Waals surface area contributed by atoms with E-state index in [-0.39, 0.29) is 23.6 Å². The summed E-state index contributed by atoms with van der Waals surface area (Å²) in [6, 6.07) is 17.8. The molecular formula is C23H20F2N2O. The fourth-order valence-electron chi connectivity index (χ4n) is 3.67. The van der Waals surface area contributed by atoms with Crippen molar-refractivity contribution in [1.29, 1.82) is 0 Å². The molecule has 3 aromatic rings. The van der Waals surface area contributed by atoms with E-state index in [1.165, 1.54) is 36.4 Å². The number of hydrogen-bond donors (Lipinski definition) is 0. The minimum Gasteiger partial charge on any atom is -0.330 e. The molecule has 1 atom stereocenters. The van der Waals surface area contributed by atoms with E-state index in [4.69, 9.17) is 4.98 Å². The molecule has 1 amide bonds. The van der Waals surface area contributed by atoms with E-state index < -0.39 is 0 Å². The lowest BCUT2D eigenvalue weighted by molar-refractivity contribution is 0.0732. The van der Waals surface area contributed by atoms with Gasteiger partial charge in [0.25, 0.3) is 5.91 Å². The zero-order valence-electron chi connectivity index (χ0n) is 15.3. The lowest BCUT2D eigenvalue weighted by atomic mass is 10.1. The predicted molar refractivity (Wildman–Crippen MR) is 103 cm³/mol. The number of amides is 1. The van der Waals surface area contributed by atoms with Gasteiger partial charge in [-0.3, -0.25) is 9.78 Å². The molecule has 1 aliphatic rings. The molecule has 0 spiro atoms. The molecule has 28 heavy (non-hydrogen) atoms. The Labute approximate surface area is 162 Å². The quantitative estimate of drug-likeness (QED) is 0.645. The van der Waals surface area contributed by atoms with Gasteiger partial charge < -0.3 is 4.90 Å². The van der Waals surface area contributed by atoms with Gasteiger partial charge in [0, 0.05) is 24.2 Å². The van der Waals surface area contributed by atoms with E-state index in [0.29, 0.717) is 18.5 Å². The zero-order chi connectivity index (χ0) is 19.5. The van der Waals surface area contributed by atoms with Crippen LogP contribution in [0.2, 0.25) is 0 Å². The molecule has 0 bridgehead atoms. The third-order valence-corrected chi connectivity index (χ3v) is 5.07. The van der Waals surface area contributed by atoms with Crippen molar-refractivity contribution >= 4 is 5.91 Å². The maximum atomic E-state index is 13.2. The molecular weight excluding hydrogens is 358 g/mol. The summed E-state index contributed by atoms with van der Waals surface area (Å²) in [5.41, 5.74) is 3.20. The first-order valence-electron chi connectivity index (χ1n) is 9.37. The molecule has 0 aliphatic carbocycles. The molecule has 0 radical (unpaired) electrons. The van der Waals surface area contributed by atoms with Crippen LogP contribution in [0.3, 0.4) is 0 Å². The Bertz CT molecular complexity index is 971. The van der Waals surface area contributed by atoms with E-state index in [1.807, 2.05) is 23.1 Å². The van der Waals surface area contributed by atoms with E-state index in [0.717, 1.165) is 29.8 Å². The first-order valence-corrected chi connectivity index (χ1v) is 9.37. The second-order valence-corrected chi connectivity index (χ2v) is 7.02. The summed E-state index contributed by atoms with van der Waals surface area (Å²) in [5.74, 6) is -0.718. The second-order valence-electron chi connectivity index (χ2n) is 7.02. The topological polar surface area (TPSA) is 33.2 Å². The zero-order valence-corrected chi connectivity index (χ0v) is 15.3. The molecule has 0 N–H and O–H groups in total. The number of carbonyl (C=O) groups is 1. The van der Waals surface area contributed by atoms with Crippen LogP contribution < -0.4 is 0 Å². The number of carbonyl (C=O) groups excluding carboxylic acids is 1. The van der Waals surface area contributed by atoms with Crippen LogP contribution in [0.4, 0.5) is 8.78 Å². The van der Waals surface area contributed by atoms with Gasteiger partial charge in [-0.1, -0.05) is 18.2 Å². The van der Waals surface area contributed by atoms with Crippen LogP contribution in [0.1, 0.15) is 46.2 Å². The van der Waals surface area contributed by atoms with Crippen molar-refractivity contribution in [2.75, 3.05) is 6.54 Å². The smallest absolute Gasteiger partial charge is 0.254 e. The van der Waals surface area contributed by atoms with E-state index in [2.05, 4.69) is 0 Å².